The highest BCUT2D eigenvalue weighted by Crippen LogP contribution is 2.38. The van der Waals surface area contributed by atoms with Gasteiger partial charge in [0.05, 0.1) is 15.6 Å². The maximum Gasteiger partial charge on any atom is 0.256 e. The second-order valence-electron chi connectivity index (χ2n) is 5.86. The van der Waals surface area contributed by atoms with Crippen molar-refractivity contribution in [2.24, 2.45) is 5.73 Å². The summed E-state index contributed by atoms with van der Waals surface area (Å²) in [5, 5.41) is 2.91. The second-order valence-corrected chi connectivity index (χ2v) is 8.81. The molecule has 0 radical (unpaired) electrons. The van der Waals surface area contributed by atoms with Gasteiger partial charge >= 0.3 is 0 Å². The SMILES string of the molecule is NCCCCOc1c(Br)cc(/C=C2\C(=O)Nc3ccc(I)cc32)cc1Br. The zero-order chi connectivity index (χ0) is 18.7. The van der Waals surface area contributed by atoms with Crippen LogP contribution >= 0.6 is 54.5 Å². The molecular formula is C19H17Br2IN2O2. The van der Waals surface area contributed by atoms with Crippen LogP contribution in [-0.4, -0.2) is 19.1 Å². The fourth-order valence-electron chi connectivity index (χ4n) is 2.69. The van der Waals surface area contributed by atoms with E-state index in [0.717, 1.165) is 47.9 Å². The van der Waals surface area contributed by atoms with Crippen molar-refractivity contribution in [3.8, 4) is 5.75 Å². The number of benzene rings is 2. The molecule has 1 aliphatic rings. The normalized spacial score (nSPS) is 14.5. The minimum absolute atomic E-state index is 0.0867. The molecule has 3 rings (SSSR count). The number of amides is 1. The molecule has 7 heteroatoms. The highest BCUT2D eigenvalue weighted by Gasteiger charge is 2.24. The Morgan fingerprint density at radius 3 is 2.58 bits per heavy atom. The summed E-state index contributed by atoms with van der Waals surface area (Å²) in [5.41, 5.74) is 8.85. The number of nitrogens with one attached hydrogen (secondary N) is 1. The van der Waals surface area contributed by atoms with Gasteiger partial charge in [-0.25, -0.2) is 0 Å². The van der Waals surface area contributed by atoms with E-state index in [1.807, 2.05) is 36.4 Å². The van der Waals surface area contributed by atoms with Gasteiger partial charge in [-0.15, -0.1) is 0 Å². The maximum atomic E-state index is 12.3. The molecule has 2 aromatic rings. The first-order valence-corrected chi connectivity index (χ1v) is 10.8. The van der Waals surface area contributed by atoms with E-state index in [9.17, 15) is 4.79 Å². The number of carbonyl (C=O) groups excluding carboxylic acids is 1. The Morgan fingerprint density at radius 2 is 1.88 bits per heavy atom. The number of nitrogens with two attached hydrogens (primary N) is 1. The summed E-state index contributed by atoms with van der Waals surface area (Å²) in [6.07, 6.45) is 3.74. The standard InChI is InChI=1S/C19H17Br2IN2O2/c20-15-8-11(9-16(21)18(15)26-6-2-1-5-23)7-14-13-10-12(22)3-4-17(13)24-19(14)25/h3-4,7-10H,1-2,5-6,23H2,(H,24,25)/b14-7-. The van der Waals surface area contributed by atoms with Crippen molar-refractivity contribution in [2.45, 2.75) is 12.8 Å². The van der Waals surface area contributed by atoms with Crippen molar-refractivity contribution in [2.75, 3.05) is 18.5 Å². The van der Waals surface area contributed by atoms with Crippen LogP contribution in [0.3, 0.4) is 0 Å². The van der Waals surface area contributed by atoms with E-state index < -0.39 is 0 Å². The number of unbranched alkanes of at least 4 members (excludes halogenated alkanes) is 1. The molecule has 0 aromatic heterocycles. The summed E-state index contributed by atoms with van der Waals surface area (Å²) >= 11 is 9.38. The van der Waals surface area contributed by atoms with Crippen molar-refractivity contribution in [3.63, 3.8) is 0 Å². The number of halogens is 3. The summed E-state index contributed by atoms with van der Waals surface area (Å²) in [7, 11) is 0. The van der Waals surface area contributed by atoms with E-state index >= 15 is 0 Å². The number of rotatable bonds is 6. The maximum absolute atomic E-state index is 12.3. The molecule has 0 spiro atoms. The lowest BCUT2D eigenvalue weighted by Crippen LogP contribution is -2.04. The fourth-order valence-corrected chi connectivity index (χ4v) is 4.63. The number of carbonyl (C=O) groups is 1. The molecule has 3 N–H and O–H groups in total. The number of hydrogen-bond acceptors (Lipinski definition) is 3. The Kier molecular flexibility index (Phi) is 6.76. The summed E-state index contributed by atoms with van der Waals surface area (Å²) in [6.45, 7) is 1.28. The monoisotopic (exact) mass is 590 g/mol. The molecule has 0 saturated heterocycles. The second kappa shape index (κ2) is 8.86. The first-order valence-electron chi connectivity index (χ1n) is 8.14. The Balaban J connectivity index is 1.88. The average Bonchev–Trinajstić information content (AvgIpc) is 2.89. The van der Waals surface area contributed by atoms with Crippen LogP contribution < -0.4 is 15.8 Å². The number of ether oxygens (including phenoxy) is 1. The van der Waals surface area contributed by atoms with Gasteiger partial charge in [0.25, 0.3) is 5.91 Å². The predicted octanol–water partition coefficient (Wildman–Crippen LogP) is 5.43. The van der Waals surface area contributed by atoms with Crippen LogP contribution in [0.25, 0.3) is 11.6 Å². The van der Waals surface area contributed by atoms with Crippen molar-refractivity contribution in [1.82, 2.24) is 0 Å². The lowest BCUT2D eigenvalue weighted by atomic mass is 10.0. The highest BCUT2D eigenvalue weighted by atomic mass is 127. The van der Waals surface area contributed by atoms with Crippen LogP contribution in [-0.2, 0) is 4.79 Å². The van der Waals surface area contributed by atoms with Gasteiger partial charge in [0.15, 0.2) is 0 Å². The van der Waals surface area contributed by atoms with Crippen LogP contribution in [0, 0.1) is 3.57 Å². The molecule has 0 fully saturated rings. The predicted molar refractivity (Wildman–Crippen MR) is 121 cm³/mol. The molecule has 1 aliphatic heterocycles. The van der Waals surface area contributed by atoms with Crippen molar-refractivity contribution >= 4 is 77.7 Å². The molecule has 0 unspecified atom stereocenters. The third kappa shape index (κ3) is 4.49. The topological polar surface area (TPSA) is 64.3 Å². The lowest BCUT2D eigenvalue weighted by molar-refractivity contribution is -0.110. The molecule has 26 heavy (non-hydrogen) atoms. The number of hydrogen-bond donors (Lipinski definition) is 2. The van der Waals surface area contributed by atoms with Gasteiger partial charge in [-0.1, -0.05) is 0 Å². The Labute approximate surface area is 183 Å². The van der Waals surface area contributed by atoms with Gasteiger partial charge < -0.3 is 15.8 Å². The first kappa shape index (κ1) is 19.9. The molecule has 0 saturated carbocycles. The molecule has 136 valence electrons. The molecular weight excluding hydrogens is 575 g/mol. The summed E-state index contributed by atoms with van der Waals surface area (Å²) in [4.78, 5) is 12.3. The van der Waals surface area contributed by atoms with Gasteiger partial charge in [-0.3, -0.25) is 4.79 Å². The van der Waals surface area contributed by atoms with Crippen molar-refractivity contribution in [1.29, 1.82) is 0 Å². The minimum atomic E-state index is -0.0867. The first-order chi connectivity index (χ1) is 12.5. The Hall–Kier alpha value is -0.900. The Morgan fingerprint density at radius 1 is 1.15 bits per heavy atom. The molecule has 1 amide bonds. The largest absolute Gasteiger partial charge is 0.491 e. The van der Waals surface area contributed by atoms with Crippen molar-refractivity contribution < 1.29 is 9.53 Å². The van der Waals surface area contributed by atoms with Crippen LogP contribution in [0.15, 0.2) is 39.3 Å². The smallest absolute Gasteiger partial charge is 0.256 e. The molecule has 0 bridgehead atoms. The zero-order valence-corrected chi connectivity index (χ0v) is 19.1. The third-order valence-electron chi connectivity index (χ3n) is 3.94. The van der Waals surface area contributed by atoms with Crippen LogP contribution in [0.5, 0.6) is 5.75 Å². The number of fused-ring (bicyclic) bond motifs is 1. The Bertz CT molecular complexity index is 861. The van der Waals surface area contributed by atoms with Gasteiger partial charge in [0.1, 0.15) is 5.75 Å². The molecule has 2 aromatic carbocycles. The molecule has 0 atom stereocenters. The van der Waals surface area contributed by atoms with Gasteiger partial charge in [0.2, 0.25) is 0 Å². The van der Waals surface area contributed by atoms with Crippen LogP contribution in [0.4, 0.5) is 5.69 Å². The van der Waals surface area contributed by atoms with E-state index in [4.69, 9.17) is 10.5 Å². The van der Waals surface area contributed by atoms with E-state index in [1.54, 1.807) is 0 Å². The highest BCUT2D eigenvalue weighted by molar-refractivity contribution is 14.1. The van der Waals surface area contributed by atoms with E-state index in [-0.39, 0.29) is 5.91 Å². The third-order valence-corrected chi connectivity index (χ3v) is 5.79. The lowest BCUT2D eigenvalue weighted by Gasteiger charge is -2.11. The van der Waals surface area contributed by atoms with E-state index in [0.29, 0.717) is 18.7 Å². The van der Waals surface area contributed by atoms with Crippen molar-refractivity contribution in [3.05, 3.63) is 54.0 Å². The number of anilines is 1. The molecule has 4 nitrogen and oxygen atoms in total. The van der Waals surface area contributed by atoms with Gasteiger partial charge in [-0.05, 0) is 116 Å². The summed E-state index contributed by atoms with van der Waals surface area (Å²) in [5.74, 6) is 0.673. The minimum Gasteiger partial charge on any atom is -0.491 e. The fraction of sp³-hybridized carbons (Fsp3) is 0.211. The molecule has 0 aliphatic carbocycles. The summed E-state index contributed by atoms with van der Waals surface area (Å²) < 4.78 is 8.61. The van der Waals surface area contributed by atoms with E-state index in [2.05, 4.69) is 59.8 Å². The zero-order valence-electron chi connectivity index (χ0n) is 13.8. The summed E-state index contributed by atoms with van der Waals surface area (Å²) in [6, 6.07) is 9.83. The van der Waals surface area contributed by atoms with Crippen LogP contribution in [0.2, 0.25) is 0 Å². The van der Waals surface area contributed by atoms with Gasteiger partial charge in [0, 0.05) is 20.4 Å². The van der Waals surface area contributed by atoms with E-state index in [1.165, 1.54) is 0 Å². The van der Waals surface area contributed by atoms with Gasteiger partial charge in [-0.2, -0.15) is 0 Å². The quantitative estimate of drug-likeness (QED) is 0.268. The van der Waals surface area contributed by atoms with Crippen LogP contribution in [0.1, 0.15) is 24.0 Å². The average molecular weight is 592 g/mol. The molecule has 1 heterocycles.